The summed E-state index contributed by atoms with van der Waals surface area (Å²) >= 11 is 0. The van der Waals surface area contributed by atoms with Gasteiger partial charge in [0.1, 0.15) is 23.8 Å². The number of ether oxygens (including phenoxy) is 2. The van der Waals surface area contributed by atoms with Crippen molar-refractivity contribution in [2.24, 2.45) is 11.3 Å². The molecule has 3 fully saturated rings. The van der Waals surface area contributed by atoms with Crippen molar-refractivity contribution < 1.29 is 28.7 Å². The molecule has 2 saturated heterocycles. The lowest BCUT2D eigenvalue weighted by molar-refractivity contribution is -0.165. The van der Waals surface area contributed by atoms with Gasteiger partial charge in [-0.15, -0.1) is 0 Å². The summed E-state index contributed by atoms with van der Waals surface area (Å²) in [4.78, 5) is 59.1. The lowest BCUT2D eigenvalue weighted by atomic mass is 9.84. The summed E-state index contributed by atoms with van der Waals surface area (Å²) in [6.07, 6.45) is 3.14. The van der Waals surface area contributed by atoms with E-state index in [9.17, 15) is 19.2 Å². The van der Waals surface area contributed by atoms with Crippen molar-refractivity contribution in [3.05, 3.63) is 42.2 Å². The van der Waals surface area contributed by atoms with Gasteiger partial charge in [-0.05, 0) is 49.0 Å². The van der Waals surface area contributed by atoms with Crippen LogP contribution in [-0.4, -0.2) is 70.6 Å². The van der Waals surface area contributed by atoms with Gasteiger partial charge in [0.2, 0.25) is 18.1 Å². The number of esters is 1. The normalized spacial score (nSPS) is 26.9. The van der Waals surface area contributed by atoms with Crippen LogP contribution in [0.15, 0.2) is 36.5 Å². The smallest absolute Gasteiger partial charge is 0.310 e. The number of carbonyl (C=O) groups is 4. The number of likely N-dealkylation sites (tertiary alicyclic amines) is 1. The lowest BCUT2D eigenvalue weighted by Gasteiger charge is -2.40. The van der Waals surface area contributed by atoms with Gasteiger partial charge in [-0.25, -0.2) is 0 Å². The van der Waals surface area contributed by atoms with Crippen molar-refractivity contribution >= 4 is 34.5 Å². The van der Waals surface area contributed by atoms with Crippen LogP contribution in [0, 0.1) is 11.3 Å². The number of hydrogen-bond acceptors (Lipinski definition) is 7. The van der Waals surface area contributed by atoms with Gasteiger partial charge in [-0.3, -0.25) is 24.2 Å². The summed E-state index contributed by atoms with van der Waals surface area (Å²) in [6.45, 7) is 7.80. The van der Waals surface area contributed by atoms with Crippen molar-refractivity contribution in [1.29, 1.82) is 0 Å². The molecule has 3 aliphatic rings. The molecule has 39 heavy (non-hydrogen) atoms. The average Bonchev–Trinajstić information content (AvgIpc) is 3.60. The second kappa shape index (κ2) is 10.6. The Bertz CT molecular complexity index is 1280. The maximum atomic E-state index is 14.2. The molecule has 3 heterocycles. The summed E-state index contributed by atoms with van der Waals surface area (Å²) in [5.41, 5.74) is -0.383. The average molecular weight is 537 g/mol. The molecule has 208 valence electrons. The highest BCUT2D eigenvalue weighted by atomic mass is 16.7. The maximum Gasteiger partial charge on any atom is 0.310 e. The predicted molar refractivity (Wildman–Crippen MR) is 142 cm³/mol. The van der Waals surface area contributed by atoms with Gasteiger partial charge in [0, 0.05) is 24.2 Å². The van der Waals surface area contributed by atoms with Crippen molar-refractivity contribution in [2.45, 2.75) is 83.8 Å². The molecule has 1 aromatic heterocycles. The largest absolute Gasteiger partial charge is 0.433 e. The van der Waals surface area contributed by atoms with Crippen LogP contribution in [0.3, 0.4) is 0 Å². The Morgan fingerprint density at radius 3 is 2.69 bits per heavy atom. The molecular weight excluding hydrogens is 500 g/mol. The van der Waals surface area contributed by atoms with E-state index in [2.05, 4.69) is 15.6 Å². The number of amides is 3. The zero-order valence-corrected chi connectivity index (χ0v) is 22.8. The van der Waals surface area contributed by atoms with Gasteiger partial charge in [-0.1, -0.05) is 45.0 Å². The molecule has 1 saturated carbocycles. The number of piperidine rings is 1. The zero-order valence-electron chi connectivity index (χ0n) is 22.8. The number of cyclic esters (lactones) is 1. The molecule has 5 rings (SSSR count). The fraction of sp³-hybridized carbons (Fsp3) is 0.552. The molecule has 0 spiro atoms. The number of aromatic nitrogens is 1. The minimum Gasteiger partial charge on any atom is -0.433 e. The first-order chi connectivity index (χ1) is 18.6. The molecule has 2 N–H and O–H groups in total. The van der Waals surface area contributed by atoms with E-state index >= 15 is 0 Å². The Kier molecular flexibility index (Phi) is 7.33. The van der Waals surface area contributed by atoms with Crippen LogP contribution in [-0.2, 0) is 23.9 Å². The molecule has 2 aliphatic heterocycles. The number of fused-ring (bicyclic) bond motifs is 3. The van der Waals surface area contributed by atoms with E-state index in [0.29, 0.717) is 12.0 Å². The van der Waals surface area contributed by atoms with Crippen molar-refractivity contribution in [3.63, 3.8) is 0 Å². The number of carbonyl (C=O) groups excluding carboxylic acids is 4. The second-order valence-electron chi connectivity index (χ2n) is 11.7. The third-order valence-corrected chi connectivity index (χ3v) is 8.01. The monoisotopic (exact) mass is 536 g/mol. The first-order valence-corrected chi connectivity index (χ1v) is 13.7. The minimum absolute atomic E-state index is 0.0126. The highest BCUT2D eigenvalue weighted by Crippen LogP contribution is 2.44. The molecule has 10 nitrogen and oxygen atoms in total. The predicted octanol–water partition coefficient (Wildman–Crippen LogP) is 2.55. The molecule has 3 amide bonds. The second-order valence-corrected chi connectivity index (χ2v) is 11.7. The Morgan fingerprint density at radius 2 is 1.95 bits per heavy atom. The highest BCUT2D eigenvalue weighted by Gasteiger charge is 2.54. The van der Waals surface area contributed by atoms with Gasteiger partial charge in [-0.2, -0.15) is 0 Å². The Morgan fingerprint density at radius 1 is 1.18 bits per heavy atom. The van der Waals surface area contributed by atoms with E-state index < -0.39 is 41.7 Å². The molecule has 1 aliphatic carbocycles. The van der Waals surface area contributed by atoms with Crippen LogP contribution >= 0.6 is 0 Å². The summed E-state index contributed by atoms with van der Waals surface area (Å²) in [5, 5.41) is 7.45. The Hall–Kier alpha value is -3.53. The van der Waals surface area contributed by atoms with Crippen LogP contribution in [0.1, 0.15) is 63.9 Å². The van der Waals surface area contributed by atoms with E-state index in [1.54, 1.807) is 18.0 Å². The fourth-order valence-corrected chi connectivity index (χ4v) is 6.18. The van der Waals surface area contributed by atoms with Gasteiger partial charge < -0.3 is 25.0 Å². The van der Waals surface area contributed by atoms with Gasteiger partial charge in [0.15, 0.2) is 0 Å². The molecule has 0 radical (unpaired) electrons. The van der Waals surface area contributed by atoms with E-state index in [1.165, 1.54) is 0 Å². The van der Waals surface area contributed by atoms with Crippen LogP contribution in [0.5, 0.6) is 0 Å². The Labute approximate surface area is 227 Å². The van der Waals surface area contributed by atoms with Gasteiger partial charge in [0.05, 0.1) is 6.42 Å². The molecular formula is C29H36N4O6. The minimum atomic E-state index is -0.881. The van der Waals surface area contributed by atoms with E-state index in [1.807, 2.05) is 51.1 Å². The Balaban J connectivity index is 1.38. The molecule has 2 bridgehead atoms. The fourth-order valence-electron chi connectivity index (χ4n) is 6.18. The van der Waals surface area contributed by atoms with E-state index in [4.69, 9.17) is 9.47 Å². The zero-order chi connectivity index (χ0) is 27.9. The number of hydrogen-bond donors (Lipinski definition) is 2. The van der Waals surface area contributed by atoms with Gasteiger partial charge >= 0.3 is 5.97 Å². The molecule has 1 aromatic carbocycles. The number of nitrogens with one attached hydrogen (secondary N) is 2. The van der Waals surface area contributed by atoms with E-state index in [-0.39, 0.29) is 35.9 Å². The van der Waals surface area contributed by atoms with E-state index in [0.717, 1.165) is 24.6 Å². The number of benzene rings is 1. The summed E-state index contributed by atoms with van der Waals surface area (Å²) in [7, 11) is 0. The maximum absolute atomic E-state index is 14.2. The van der Waals surface area contributed by atoms with Crippen LogP contribution in [0.2, 0.25) is 0 Å². The SMILES string of the molecule is CCO[C@H]1OC(=O)CC1NC(=O)C1C2CCC(C2)N1C(=O)[C@@H](NC(=O)c1nccc2ccccc12)C(C)(C)C. The first kappa shape index (κ1) is 27.1. The number of nitrogens with zero attached hydrogens (tertiary/aromatic N) is 2. The number of rotatable bonds is 7. The molecule has 2 aromatic rings. The van der Waals surface area contributed by atoms with Crippen molar-refractivity contribution in [1.82, 2.24) is 20.5 Å². The summed E-state index contributed by atoms with van der Waals surface area (Å²) < 4.78 is 10.7. The van der Waals surface area contributed by atoms with Crippen LogP contribution in [0.4, 0.5) is 0 Å². The standard InChI is InChI=1S/C29H36N4O6/c1-5-38-28-20(15-21(34)39-28)31-26(36)23-17-10-11-18(14-17)33(23)27(37)24(29(2,3)4)32-25(35)22-19-9-7-6-8-16(19)12-13-30-22/h6-9,12-13,17-18,20,23-24,28H,5,10-11,14-15H2,1-4H3,(H,31,36)(H,32,35)/t17?,18?,20?,23?,24-,28+/m1/s1. The van der Waals surface area contributed by atoms with Gasteiger partial charge in [0.25, 0.3) is 5.91 Å². The van der Waals surface area contributed by atoms with Crippen molar-refractivity contribution in [2.75, 3.05) is 6.61 Å². The first-order valence-electron chi connectivity index (χ1n) is 13.7. The lowest BCUT2D eigenvalue weighted by Crippen LogP contribution is -2.62. The van der Waals surface area contributed by atoms with Crippen LogP contribution < -0.4 is 10.6 Å². The highest BCUT2D eigenvalue weighted by molar-refractivity contribution is 6.06. The summed E-state index contributed by atoms with van der Waals surface area (Å²) in [6, 6.07) is 7.04. The molecule has 10 heteroatoms. The number of pyridine rings is 1. The molecule has 6 atom stereocenters. The topological polar surface area (TPSA) is 127 Å². The third kappa shape index (κ3) is 5.22. The summed E-state index contributed by atoms with van der Waals surface area (Å²) in [5.74, 6) is -1.47. The van der Waals surface area contributed by atoms with Crippen molar-refractivity contribution in [3.8, 4) is 0 Å². The molecule has 4 unspecified atom stereocenters. The quantitative estimate of drug-likeness (QED) is 0.521. The third-order valence-electron chi connectivity index (χ3n) is 8.01. The van der Waals surface area contributed by atoms with Crippen LogP contribution in [0.25, 0.3) is 10.8 Å².